The lowest BCUT2D eigenvalue weighted by Gasteiger charge is -2.39. The summed E-state index contributed by atoms with van der Waals surface area (Å²) in [5.41, 5.74) is 1.70. The fourth-order valence-corrected chi connectivity index (χ4v) is 3.15. The molecule has 2 aliphatic heterocycles. The number of aliphatic hydroxyl groups excluding tert-OH is 1. The molecule has 0 radical (unpaired) electrons. The number of carbonyl (C=O) groups is 1. The van der Waals surface area contributed by atoms with E-state index in [9.17, 15) is 9.90 Å². The van der Waals surface area contributed by atoms with E-state index in [0.29, 0.717) is 32.9 Å². The molecular formula is C20H29NO5. The molecule has 6 heteroatoms. The zero-order valence-corrected chi connectivity index (χ0v) is 15.9. The Morgan fingerprint density at radius 1 is 1.23 bits per heavy atom. The van der Waals surface area contributed by atoms with Gasteiger partial charge < -0.3 is 24.2 Å². The molecule has 144 valence electrons. The lowest BCUT2D eigenvalue weighted by Crippen LogP contribution is -2.49. The van der Waals surface area contributed by atoms with Crippen LogP contribution in [0.1, 0.15) is 31.9 Å². The van der Waals surface area contributed by atoms with Crippen LogP contribution in [0.5, 0.6) is 5.75 Å². The summed E-state index contributed by atoms with van der Waals surface area (Å²) in [7, 11) is 0. The highest BCUT2D eigenvalue weighted by Gasteiger charge is 2.39. The van der Waals surface area contributed by atoms with Crippen LogP contribution >= 0.6 is 0 Å². The fourth-order valence-electron chi connectivity index (χ4n) is 3.15. The topological polar surface area (TPSA) is 68.2 Å². The Hall–Kier alpha value is -1.79. The summed E-state index contributed by atoms with van der Waals surface area (Å²) in [5.74, 6) is 0.800. The number of amides is 1. The Morgan fingerprint density at radius 3 is 2.50 bits per heavy atom. The van der Waals surface area contributed by atoms with Crippen molar-refractivity contribution in [3.63, 3.8) is 0 Å². The molecule has 0 spiro atoms. The van der Waals surface area contributed by atoms with Crippen LogP contribution in [0.25, 0.3) is 0 Å². The van der Waals surface area contributed by atoms with Gasteiger partial charge in [-0.15, -0.1) is 0 Å². The number of benzene rings is 1. The molecular weight excluding hydrogens is 334 g/mol. The number of rotatable bonds is 4. The summed E-state index contributed by atoms with van der Waals surface area (Å²) >= 11 is 0. The van der Waals surface area contributed by atoms with E-state index in [1.807, 2.05) is 26.8 Å². The molecule has 0 aliphatic carbocycles. The molecule has 2 heterocycles. The van der Waals surface area contributed by atoms with Crippen molar-refractivity contribution in [1.82, 2.24) is 4.90 Å². The van der Waals surface area contributed by atoms with E-state index >= 15 is 0 Å². The molecule has 1 aromatic carbocycles. The van der Waals surface area contributed by atoms with Gasteiger partial charge in [-0.3, -0.25) is 0 Å². The predicted molar refractivity (Wildman–Crippen MR) is 97.5 cm³/mol. The molecule has 0 atom stereocenters. The second-order valence-electron chi connectivity index (χ2n) is 8.34. The van der Waals surface area contributed by atoms with E-state index in [4.69, 9.17) is 14.2 Å². The van der Waals surface area contributed by atoms with Crippen molar-refractivity contribution in [2.75, 3.05) is 39.5 Å². The summed E-state index contributed by atoms with van der Waals surface area (Å²) in [6.45, 7) is 8.55. The van der Waals surface area contributed by atoms with Gasteiger partial charge in [-0.1, -0.05) is 6.07 Å². The molecule has 0 saturated carbocycles. The van der Waals surface area contributed by atoms with E-state index in [2.05, 4.69) is 12.1 Å². The van der Waals surface area contributed by atoms with Crippen LogP contribution in [-0.2, 0) is 22.3 Å². The van der Waals surface area contributed by atoms with Gasteiger partial charge in [-0.2, -0.15) is 0 Å². The summed E-state index contributed by atoms with van der Waals surface area (Å²) in [5, 5.41) is 9.50. The standard InChI is InChI=1S/C20H29NO5/c1-19(2,3)26-18(23)21-8-6-15-4-5-17(10-16(15)7-9-21)25-14-20(11-22)12-24-13-20/h4-5,10,22H,6-9,11-14H2,1-3H3. The van der Waals surface area contributed by atoms with E-state index < -0.39 is 5.60 Å². The number of ether oxygens (including phenoxy) is 3. The second-order valence-corrected chi connectivity index (χ2v) is 8.34. The lowest BCUT2D eigenvalue weighted by molar-refractivity contribution is -0.153. The van der Waals surface area contributed by atoms with Crippen molar-refractivity contribution in [1.29, 1.82) is 0 Å². The van der Waals surface area contributed by atoms with Gasteiger partial charge in [0.25, 0.3) is 0 Å². The van der Waals surface area contributed by atoms with Gasteiger partial charge in [0.15, 0.2) is 0 Å². The van der Waals surface area contributed by atoms with Crippen LogP contribution in [0.15, 0.2) is 18.2 Å². The van der Waals surface area contributed by atoms with Gasteiger partial charge in [-0.05, 0) is 56.9 Å². The highest BCUT2D eigenvalue weighted by atomic mass is 16.6. The van der Waals surface area contributed by atoms with Crippen LogP contribution < -0.4 is 4.74 Å². The fraction of sp³-hybridized carbons (Fsp3) is 0.650. The Labute approximate surface area is 155 Å². The number of hydrogen-bond donors (Lipinski definition) is 1. The largest absolute Gasteiger partial charge is 0.493 e. The van der Waals surface area contributed by atoms with Gasteiger partial charge in [0.1, 0.15) is 18.0 Å². The molecule has 1 saturated heterocycles. The average Bonchev–Trinajstić information content (AvgIpc) is 2.75. The van der Waals surface area contributed by atoms with Crippen molar-refractivity contribution in [2.24, 2.45) is 5.41 Å². The smallest absolute Gasteiger partial charge is 0.410 e. The monoisotopic (exact) mass is 363 g/mol. The number of nitrogens with zero attached hydrogens (tertiary/aromatic N) is 1. The maximum Gasteiger partial charge on any atom is 0.410 e. The first kappa shape index (κ1) is 19.0. The molecule has 0 bridgehead atoms. The van der Waals surface area contributed by atoms with E-state index in [1.165, 1.54) is 11.1 Å². The third-order valence-corrected chi connectivity index (χ3v) is 4.83. The summed E-state index contributed by atoms with van der Waals surface area (Å²) in [6, 6.07) is 6.09. The van der Waals surface area contributed by atoms with Gasteiger partial charge in [0.05, 0.1) is 25.2 Å². The molecule has 1 N–H and O–H groups in total. The first-order valence-electron chi connectivity index (χ1n) is 9.21. The van der Waals surface area contributed by atoms with Gasteiger partial charge in [-0.25, -0.2) is 4.79 Å². The Kier molecular flexibility index (Phi) is 5.44. The van der Waals surface area contributed by atoms with Crippen molar-refractivity contribution < 1.29 is 24.1 Å². The highest BCUT2D eigenvalue weighted by Crippen LogP contribution is 2.29. The van der Waals surface area contributed by atoms with Crippen LogP contribution in [0.3, 0.4) is 0 Å². The van der Waals surface area contributed by atoms with Crippen LogP contribution in [-0.4, -0.2) is 61.2 Å². The Bertz CT molecular complexity index is 643. The summed E-state index contributed by atoms with van der Waals surface area (Å²) in [4.78, 5) is 14.1. The lowest BCUT2D eigenvalue weighted by atomic mass is 9.88. The van der Waals surface area contributed by atoms with Crippen LogP contribution in [0.2, 0.25) is 0 Å². The van der Waals surface area contributed by atoms with E-state index in [-0.39, 0.29) is 18.1 Å². The minimum absolute atomic E-state index is 0.0722. The minimum atomic E-state index is -0.481. The maximum atomic E-state index is 12.3. The number of fused-ring (bicyclic) bond motifs is 1. The summed E-state index contributed by atoms with van der Waals surface area (Å²) < 4.78 is 16.6. The number of carbonyl (C=O) groups excluding carboxylic acids is 1. The second kappa shape index (κ2) is 7.45. The van der Waals surface area contributed by atoms with Gasteiger partial charge in [0, 0.05) is 13.1 Å². The number of aliphatic hydroxyl groups is 1. The Morgan fingerprint density at radius 2 is 1.92 bits per heavy atom. The highest BCUT2D eigenvalue weighted by molar-refractivity contribution is 5.68. The van der Waals surface area contributed by atoms with Crippen molar-refractivity contribution >= 4 is 6.09 Å². The van der Waals surface area contributed by atoms with Crippen LogP contribution in [0.4, 0.5) is 4.79 Å². The molecule has 2 aliphatic rings. The Balaban J connectivity index is 1.60. The van der Waals surface area contributed by atoms with Crippen molar-refractivity contribution in [3.8, 4) is 5.75 Å². The minimum Gasteiger partial charge on any atom is -0.493 e. The predicted octanol–water partition coefficient (Wildman–Crippen LogP) is 2.41. The normalized spacial score (nSPS) is 19.2. The van der Waals surface area contributed by atoms with Crippen molar-refractivity contribution in [3.05, 3.63) is 29.3 Å². The first-order valence-corrected chi connectivity index (χ1v) is 9.21. The first-order chi connectivity index (χ1) is 12.3. The third-order valence-electron chi connectivity index (χ3n) is 4.83. The quantitative estimate of drug-likeness (QED) is 0.890. The molecule has 26 heavy (non-hydrogen) atoms. The summed E-state index contributed by atoms with van der Waals surface area (Å²) in [6.07, 6.45) is 1.33. The molecule has 1 amide bonds. The third kappa shape index (κ3) is 4.48. The van der Waals surface area contributed by atoms with Crippen molar-refractivity contribution in [2.45, 2.75) is 39.2 Å². The molecule has 3 rings (SSSR count). The SMILES string of the molecule is CC(C)(C)OC(=O)N1CCc2ccc(OCC3(CO)COC3)cc2CC1. The van der Waals surface area contributed by atoms with E-state index in [1.54, 1.807) is 4.90 Å². The molecule has 1 fully saturated rings. The maximum absolute atomic E-state index is 12.3. The van der Waals surface area contributed by atoms with Gasteiger partial charge in [0.2, 0.25) is 0 Å². The zero-order valence-electron chi connectivity index (χ0n) is 15.9. The zero-order chi connectivity index (χ0) is 18.8. The molecule has 0 unspecified atom stereocenters. The number of hydrogen-bond acceptors (Lipinski definition) is 5. The molecule has 1 aromatic rings. The van der Waals surface area contributed by atoms with Gasteiger partial charge >= 0.3 is 6.09 Å². The average molecular weight is 363 g/mol. The molecule has 6 nitrogen and oxygen atoms in total. The van der Waals surface area contributed by atoms with E-state index in [0.717, 1.165) is 18.6 Å². The molecule has 0 aromatic heterocycles. The van der Waals surface area contributed by atoms with Crippen LogP contribution in [0, 0.1) is 5.41 Å².